The van der Waals surface area contributed by atoms with Crippen LogP contribution in [0, 0.1) is 5.82 Å². The van der Waals surface area contributed by atoms with Crippen LogP contribution < -0.4 is 5.73 Å². The second kappa shape index (κ2) is 6.26. The van der Waals surface area contributed by atoms with Gasteiger partial charge >= 0.3 is 0 Å². The van der Waals surface area contributed by atoms with Gasteiger partial charge in [-0.2, -0.15) is 0 Å². The summed E-state index contributed by atoms with van der Waals surface area (Å²) in [6.45, 7) is 2.63. The van der Waals surface area contributed by atoms with Gasteiger partial charge in [-0.3, -0.25) is 4.98 Å². The van der Waals surface area contributed by atoms with E-state index in [1.54, 1.807) is 6.20 Å². The van der Waals surface area contributed by atoms with Gasteiger partial charge in [0.15, 0.2) is 0 Å². The molecule has 0 saturated heterocycles. The molecule has 19 heavy (non-hydrogen) atoms. The Balaban J connectivity index is 2.28. The minimum absolute atomic E-state index is 0.162. The zero-order valence-corrected chi connectivity index (χ0v) is 12.3. The molecule has 0 bridgehead atoms. The van der Waals surface area contributed by atoms with Crippen LogP contribution in [0.15, 0.2) is 47.2 Å². The lowest BCUT2D eigenvalue weighted by Gasteiger charge is -2.23. The van der Waals surface area contributed by atoms with Crippen LogP contribution in [-0.4, -0.2) is 11.5 Å². The van der Waals surface area contributed by atoms with E-state index in [0.29, 0.717) is 6.54 Å². The predicted octanol–water partition coefficient (Wildman–Crippen LogP) is 3.83. The fraction of sp³-hybridized carbons (Fsp3) is 0.267. The maximum absolute atomic E-state index is 13.0. The van der Waals surface area contributed by atoms with Gasteiger partial charge in [-0.25, -0.2) is 4.39 Å². The van der Waals surface area contributed by atoms with Crippen molar-refractivity contribution in [1.29, 1.82) is 0 Å². The van der Waals surface area contributed by atoms with Gasteiger partial charge in [0, 0.05) is 22.8 Å². The van der Waals surface area contributed by atoms with Crippen molar-refractivity contribution in [1.82, 2.24) is 4.98 Å². The van der Waals surface area contributed by atoms with E-state index >= 15 is 0 Å². The van der Waals surface area contributed by atoms with Gasteiger partial charge in [0.2, 0.25) is 0 Å². The van der Waals surface area contributed by atoms with Crippen LogP contribution in [0.2, 0.25) is 0 Å². The Hall–Kier alpha value is -1.26. The smallest absolute Gasteiger partial charge is 0.123 e. The summed E-state index contributed by atoms with van der Waals surface area (Å²) in [7, 11) is 0. The third-order valence-electron chi connectivity index (χ3n) is 3.41. The van der Waals surface area contributed by atoms with Gasteiger partial charge in [0.05, 0.1) is 0 Å². The first kappa shape index (κ1) is 14.2. The molecule has 100 valence electrons. The molecule has 0 aliphatic carbocycles. The molecule has 2 unspecified atom stereocenters. The van der Waals surface area contributed by atoms with E-state index in [1.807, 2.05) is 24.4 Å². The molecule has 0 spiro atoms. The highest BCUT2D eigenvalue weighted by Crippen LogP contribution is 2.32. The van der Waals surface area contributed by atoms with Crippen LogP contribution in [-0.2, 0) is 0 Å². The van der Waals surface area contributed by atoms with E-state index in [1.165, 1.54) is 12.1 Å². The molecule has 0 radical (unpaired) electrons. The summed E-state index contributed by atoms with van der Waals surface area (Å²) in [6.07, 6.45) is 3.59. The molecular weight excluding hydrogens is 307 g/mol. The summed E-state index contributed by atoms with van der Waals surface area (Å²) >= 11 is 3.42. The van der Waals surface area contributed by atoms with Crippen molar-refractivity contribution in [2.75, 3.05) is 6.54 Å². The number of benzene rings is 1. The van der Waals surface area contributed by atoms with Crippen LogP contribution in [0.5, 0.6) is 0 Å². The van der Waals surface area contributed by atoms with Crippen molar-refractivity contribution in [2.45, 2.75) is 18.8 Å². The molecule has 0 aliphatic heterocycles. The molecule has 0 amide bonds. The highest BCUT2D eigenvalue weighted by molar-refractivity contribution is 9.10. The zero-order valence-electron chi connectivity index (χ0n) is 10.7. The second-order valence-electron chi connectivity index (χ2n) is 4.62. The first-order valence-electron chi connectivity index (χ1n) is 6.17. The second-order valence-corrected chi connectivity index (χ2v) is 5.53. The Morgan fingerprint density at radius 2 is 1.89 bits per heavy atom. The summed E-state index contributed by atoms with van der Waals surface area (Å²) < 4.78 is 13.9. The van der Waals surface area contributed by atoms with Crippen LogP contribution in [0.1, 0.15) is 29.9 Å². The Bertz CT molecular complexity index is 542. The molecule has 2 nitrogen and oxygen atoms in total. The molecule has 0 saturated carbocycles. The number of nitrogens with two attached hydrogens (primary N) is 1. The fourth-order valence-corrected chi connectivity index (χ4v) is 2.64. The van der Waals surface area contributed by atoms with Gasteiger partial charge in [-0.1, -0.05) is 19.1 Å². The minimum atomic E-state index is -0.218. The van der Waals surface area contributed by atoms with Crippen molar-refractivity contribution in [2.24, 2.45) is 5.73 Å². The van der Waals surface area contributed by atoms with Crippen LogP contribution in [0.3, 0.4) is 0 Å². The minimum Gasteiger partial charge on any atom is -0.330 e. The molecular formula is C15H16BrFN2. The standard InChI is InChI=1S/C15H16BrFN2/c1-10(11-2-4-14(17)5-3-11)15(7-18)12-6-13(16)9-19-8-12/h2-6,8-10,15H,7,18H2,1H3. The Morgan fingerprint density at radius 3 is 2.47 bits per heavy atom. The summed E-state index contributed by atoms with van der Waals surface area (Å²) in [5.41, 5.74) is 8.08. The molecule has 2 atom stereocenters. The van der Waals surface area contributed by atoms with Crippen molar-refractivity contribution in [3.05, 3.63) is 64.1 Å². The van der Waals surface area contributed by atoms with E-state index in [9.17, 15) is 4.39 Å². The zero-order chi connectivity index (χ0) is 13.8. The van der Waals surface area contributed by atoms with Crippen LogP contribution in [0.25, 0.3) is 0 Å². The van der Waals surface area contributed by atoms with E-state index in [-0.39, 0.29) is 17.7 Å². The molecule has 1 heterocycles. The summed E-state index contributed by atoms with van der Waals surface area (Å²) in [6, 6.07) is 8.63. The summed E-state index contributed by atoms with van der Waals surface area (Å²) in [5.74, 6) is 0.154. The number of hydrogen-bond acceptors (Lipinski definition) is 2. The van der Waals surface area contributed by atoms with Gasteiger partial charge < -0.3 is 5.73 Å². The van der Waals surface area contributed by atoms with Crippen molar-refractivity contribution >= 4 is 15.9 Å². The van der Waals surface area contributed by atoms with Crippen molar-refractivity contribution < 1.29 is 4.39 Å². The number of pyridine rings is 1. The number of aromatic nitrogens is 1. The quantitative estimate of drug-likeness (QED) is 0.929. The normalized spacial score (nSPS) is 14.1. The Morgan fingerprint density at radius 1 is 1.21 bits per heavy atom. The third kappa shape index (κ3) is 3.39. The highest BCUT2D eigenvalue weighted by atomic mass is 79.9. The lowest BCUT2D eigenvalue weighted by molar-refractivity contribution is 0.578. The summed E-state index contributed by atoms with van der Waals surface area (Å²) in [5, 5.41) is 0. The fourth-order valence-electron chi connectivity index (χ4n) is 2.26. The lowest BCUT2D eigenvalue weighted by atomic mass is 9.83. The molecule has 4 heteroatoms. The van der Waals surface area contributed by atoms with Crippen molar-refractivity contribution in [3.8, 4) is 0 Å². The number of halogens is 2. The largest absolute Gasteiger partial charge is 0.330 e. The number of hydrogen-bond donors (Lipinski definition) is 1. The van der Waals surface area contributed by atoms with E-state index in [0.717, 1.165) is 15.6 Å². The molecule has 1 aromatic heterocycles. The summed E-state index contributed by atoms with van der Waals surface area (Å²) in [4.78, 5) is 4.18. The van der Waals surface area contributed by atoms with Crippen molar-refractivity contribution in [3.63, 3.8) is 0 Å². The number of rotatable bonds is 4. The maximum atomic E-state index is 13.0. The SMILES string of the molecule is CC(c1ccc(F)cc1)C(CN)c1cncc(Br)c1. The third-order valence-corrected chi connectivity index (χ3v) is 3.84. The monoisotopic (exact) mass is 322 g/mol. The Kier molecular flexibility index (Phi) is 4.66. The average Bonchev–Trinajstić information content (AvgIpc) is 2.40. The molecule has 2 aromatic rings. The van der Waals surface area contributed by atoms with Crippen LogP contribution in [0.4, 0.5) is 4.39 Å². The maximum Gasteiger partial charge on any atom is 0.123 e. The van der Waals surface area contributed by atoms with Crippen LogP contribution >= 0.6 is 15.9 Å². The highest BCUT2D eigenvalue weighted by Gasteiger charge is 2.20. The average molecular weight is 323 g/mol. The van der Waals surface area contributed by atoms with Gasteiger partial charge in [-0.15, -0.1) is 0 Å². The molecule has 2 N–H and O–H groups in total. The number of nitrogens with zero attached hydrogens (tertiary/aromatic N) is 1. The van der Waals surface area contributed by atoms with Gasteiger partial charge in [0.1, 0.15) is 5.82 Å². The topological polar surface area (TPSA) is 38.9 Å². The van der Waals surface area contributed by atoms with E-state index in [2.05, 4.69) is 27.8 Å². The first-order valence-corrected chi connectivity index (χ1v) is 6.97. The molecule has 2 rings (SSSR count). The predicted molar refractivity (Wildman–Crippen MR) is 78.5 cm³/mol. The van der Waals surface area contributed by atoms with E-state index in [4.69, 9.17) is 5.73 Å². The molecule has 1 aromatic carbocycles. The molecule has 0 aliphatic rings. The van der Waals surface area contributed by atoms with Gasteiger partial charge in [-0.05, 0) is 57.7 Å². The first-order chi connectivity index (χ1) is 9.11. The van der Waals surface area contributed by atoms with E-state index < -0.39 is 0 Å². The molecule has 0 fully saturated rings. The van der Waals surface area contributed by atoms with Gasteiger partial charge in [0.25, 0.3) is 0 Å². The lowest BCUT2D eigenvalue weighted by Crippen LogP contribution is -2.18. The Labute approximate surface area is 121 Å².